The van der Waals surface area contributed by atoms with Crippen LogP contribution in [0.5, 0.6) is 0 Å². The number of carbonyl (C=O) groups is 1. The van der Waals surface area contributed by atoms with Crippen LogP contribution in [0, 0.1) is 0 Å². The maximum absolute atomic E-state index is 14.1. The summed E-state index contributed by atoms with van der Waals surface area (Å²) >= 11 is 0. The second-order valence-corrected chi connectivity index (χ2v) is 14.4. The van der Waals surface area contributed by atoms with Crippen LogP contribution in [0.15, 0.2) is 176 Å². The number of benzene rings is 8. The topological polar surface area (TPSA) is 20.3 Å². The van der Waals surface area contributed by atoms with Crippen molar-refractivity contribution in [3.63, 3.8) is 0 Å². The lowest BCUT2D eigenvalue weighted by Crippen LogP contribution is -2.14. The first kappa shape index (κ1) is 30.3. The van der Waals surface area contributed by atoms with Crippen LogP contribution in [0.3, 0.4) is 0 Å². The van der Waals surface area contributed by atoms with E-state index in [0.29, 0.717) is 0 Å². The first-order valence-corrected chi connectivity index (χ1v) is 18.0. The number of anilines is 3. The van der Waals surface area contributed by atoms with Crippen LogP contribution in [0.1, 0.15) is 40.9 Å². The van der Waals surface area contributed by atoms with E-state index in [1.165, 1.54) is 49.7 Å². The summed E-state index contributed by atoms with van der Waals surface area (Å²) in [5.74, 6) is 0.0660. The highest BCUT2D eigenvalue weighted by molar-refractivity contribution is 6.25. The lowest BCUT2D eigenvalue weighted by atomic mass is 9.82. The molecule has 52 heavy (non-hydrogen) atoms. The number of nitrogens with zero attached hydrogens (tertiary/aromatic N) is 1. The maximum atomic E-state index is 14.1. The van der Waals surface area contributed by atoms with Crippen LogP contribution >= 0.6 is 0 Å². The minimum absolute atomic E-state index is 0.0608. The molecule has 0 heterocycles. The van der Waals surface area contributed by atoms with Gasteiger partial charge in [0.25, 0.3) is 0 Å². The Bertz CT molecular complexity index is 2710. The fourth-order valence-electron chi connectivity index (χ4n) is 8.72. The molecule has 8 aromatic carbocycles. The summed E-state index contributed by atoms with van der Waals surface area (Å²) in [5, 5.41) is 2.45. The molecule has 0 spiro atoms. The maximum Gasteiger partial charge on any atom is 0.196 e. The molecular weight excluding hydrogens is 631 g/mol. The molecule has 0 amide bonds. The summed E-state index contributed by atoms with van der Waals surface area (Å²) in [6.45, 7) is 4.65. The molecule has 0 aliphatic heterocycles. The largest absolute Gasteiger partial charge is 0.310 e. The molecule has 0 radical (unpaired) electrons. The Balaban J connectivity index is 1.12. The average Bonchev–Trinajstić information content (AvgIpc) is 3.62. The number of fused-ring (bicyclic) bond motifs is 7. The van der Waals surface area contributed by atoms with E-state index in [1.54, 1.807) is 0 Å². The van der Waals surface area contributed by atoms with Crippen LogP contribution in [0.25, 0.3) is 55.3 Å². The van der Waals surface area contributed by atoms with E-state index in [2.05, 4.69) is 176 Å². The molecule has 2 nitrogen and oxygen atoms in total. The minimum atomic E-state index is -0.0608. The van der Waals surface area contributed by atoms with Crippen LogP contribution in [0.2, 0.25) is 0 Å². The average molecular weight is 666 g/mol. The van der Waals surface area contributed by atoms with Crippen molar-refractivity contribution >= 4 is 33.6 Å². The first-order valence-electron chi connectivity index (χ1n) is 18.0. The lowest BCUT2D eigenvalue weighted by molar-refractivity contribution is 0.104. The summed E-state index contributed by atoms with van der Waals surface area (Å²) in [4.78, 5) is 16.4. The van der Waals surface area contributed by atoms with Gasteiger partial charge in [0.15, 0.2) is 5.78 Å². The third kappa shape index (κ3) is 4.47. The normalized spacial score (nSPS) is 13.4. The number of ketones is 1. The van der Waals surface area contributed by atoms with Gasteiger partial charge in [-0.2, -0.15) is 0 Å². The Kier molecular flexibility index (Phi) is 6.71. The minimum Gasteiger partial charge on any atom is -0.310 e. The van der Waals surface area contributed by atoms with Gasteiger partial charge in [0.2, 0.25) is 0 Å². The van der Waals surface area contributed by atoms with Crippen molar-refractivity contribution in [2.45, 2.75) is 19.3 Å². The molecule has 246 valence electrons. The molecule has 0 unspecified atom stereocenters. The Labute approximate surface area is 304 Å². The SMILES string of the molecule is CC1(C)c2ccccc2-c2c(-c3ccc(N(c4ccc(-c5cccc6ccccc56)cc4)c4cccc5c4C(=O)c4ccccc4-5)cc3)cccc21. The highest BCUT2D eigenvalue weighted by Gasteiger charge is 2.36. The Morgan fingerprint density at radius 3 is 1.69 bits per heavy atom. The molecule has 2 aliphatic carbocycles. The summed E-state index contributed by atoms with van der Waals surface area (Å²) in [5.41, 5.74) is 16.4. The van der Waals surface area contributed by atoms with E-state index in [1.807, 2.05) is 18.2 Å². The van der Waals surface area contributed by atoms with Gasteiger partial charge in [0.1, 0.15) is 0 Å². The molecule has 0 saturated heterocycles. The van der Waals surface area contributed by atoms with Crippen molar-refractivity contribution in [2.75, 3.05) is 4.90 Å². The van der Waals surface area contributed by atoms with Crippen molar-refractivity contribution < 1.29 is 4.79 Å². The fourth-order valence-corrected chi connectivity index (χ4v) is 8.72. The van der Waals surface area contributed by atoms with E-state index < -0.39 is 0 Å². The van der Waals surface area contributed by atoms with E-state index in [4.69, 9.17) is 0 Å². The second kappa shape index (κ2) is 11.5. The zero-order valence-electron chi connectivity index (χ0n) is 29.1. The standard InChI is InChI=1S/C50H35NO/c1-50(2)44-21-8-7-17-43(44)47-39(19-10-22-45(47)50)34-26-30-36(31-27-34)51(46-23-11-20-41-40-15-5-6-16-42(40)49(52)48(41)46)35-28-24-33(25-29-35)38-18-9-13-32-12-3-4-14-37(32)38/h3-31H,1-2H3. The van der Waals surface area contributed by atoms with Gasteiger partial charge in [-0.25, -0.2) is 0 Å². The Hall–Kier alpha value is -6.51. The molecule has 0 fully saturated rings. The van der Waals surface area contributed by atoms with Crippen LogP contribution in [0.4, 0.5) is 17.1 Å². The van der Waals surface area contributed by atoms with E-state index in [-0.39, 0.29) is 11.2 Å². The van der Waals surface area contributed by atoms with Gasteiger partial charge in [-0.05, 0) is 96.7 Å². The summed E-state index contributed by atoms with van der Waals surface area (Å²) in [7, 11) is 0. The molecule has 0 saturated carbocycles. The highest BCUT2D eigenvalue weighted by Crippen LogP contribution is 2.52. The predicted molar refractivity (Wildman–Crippen MR) is 216 cm³/mol. The fraction of sp³-hybridized carbons (Fsp3) is 0.0600. The Morgan fingerprint density at radius 2 is 0.923 bits per heavy atom. The smallest absolute Gasteiger partial charge is 0.196 e. The Morgan fingerprint density at radius 1 is 0.404 bits per heavy atom. The van der Waals surface area contributed by atoms with Crippen molar-refractivity contribution in [2.24, 2.45) is 0 Å². The van der Waals surface area contributed by atoms with Gasteiger partial charge in [-0.3, -0.25) is 4.79 Å². The van der Waals surface area contributed by atoms with Gasteiger partial charge >= 0.3 is 0 Å². The van der Waals surface area contributed by atoms with Gasteiger partial charge in [-0.15, -0.1) is 0 Å². The molecule has 0 atom stereocenters. The zero-order valence-corrected chi connectivity index (χ0v) is 29.1. The molecule has 2 aliphatic rings. The van der Waals surface area contributed by atoms with Crippen molar-refractivity contribution in [3.8, 4) is 44.5 Å². The highest BCUT2D eigenvalue weighted by atomic mass is 16.1. The van der Waals surface area contributed by atoms with E-state index in [0.717, 1.165) is 44.9 Å². The van der Waals surface area contributed by atoms with Crippen LogP contribution < -0.4 is 4.90 Å². The van der Waals surface area contributed by atoms with Gasteiger partial charge in [0, 0.05) is 22.4 Å². The van der Waals surface area contributed by atoms with Gasteiger partial charge in [-0.1, -0.05) is 159 Å². The molecular formula is C50H35NO. The van der Waals surface area contributed by atoms with E-state index in [9.17, 15) is 4.79 Å². The monoisotopic (exact) mass is 665 g/mol. The lowest BCUT2D eigenvalue weighted by Gasteiger charge is -2.28. The zero-order chi connectivity index (χ0) is 35.0. The molecule has 2 heteroatoms. The molecule has 10 rings (SSSR count). The van der Waals surface area contributed by atoms with Gasteiger partial charge < -0.3 is 4.90 Å². The second-order valence-electron chi connectivity index (χ2n) is 14.4. The summed E-state index contributed by atoms with van der Waals surface area (Å²) in [6, 6.07) is 62.3. The van der Waals surface area contributed by atoms with Crippen LogP contribution in [-0.4, -0.2) is 5.78 Å². The molecule has 0 bridgehead atoms. The van der Waals surface area contributed by atoms with Crippen molar-refractivity contribution in [3.05, 3.63) is 198 Å². The first-order chi connectivity index (χ1) is 25.5. The molecule has 8 aromatic rings. The molecule has 0 aromatic heterocycles. The van der Waals surface area contributed by atoms with Crippen molar-refractivity contribution in [1.29, 1.82) is 0 Å². The third-order valence-electron chi connectivity index (χ3n) is 11.2. The quantitative estimate of drug-likeness (QED) is 0.182. The summed E-state index contributed by atoms with van der Waals surface area (Å²) < 4.78 is 0. The van der Waals surface area contributed by atoms with Crippen LogP contribution in [-0.2, 0) is 5.41 Å². The van der Waals surface area contributed by atoms with Gasteiger partial charge in [0.05, 0.1) is 11.3 Å². The number of rotatable bonds is 5. The predicted octanol–water partition coefficient (Wildman–Crippen LogP) is 13.2. The number of hydrogen-bond donors (Lipinski definition) is 0. The van der Waals surface area contributed by atoms with Crippen molar-refractivity contribution in [1.82, 2.24) is 0 Å². The van der Waals surface area contributed by atoms with E-state index >= 15 is 0 Å². The number of hydrogen-bond acceptors (Lipinski definition) is 2. The molecule has 0 N–H and O–H groups in total. The third-order valence-corrected chi connectivity index (χ3v) is 11.2. The summed E-state index contributed by atoms with van der Waals surface area (Å²) in [6.07, 6.45) is 0. The number of carbonyl (C=O) groups excluding carboxylic acids is 1.